The monoisotopic (exact) mass is 1760 g/mol. The van der Waals surface area contributed by atoms with Crippen molar-refractivity contribution in [2.24, 2.45) is 11.8 Å². The maximum atomic E-state index is 13.8. The number of benzene rings is 5. The number of rotatable bonds is 35. The predicted molar refractivity (Wildman–Crippen MR) is 487 cm³/mol. The molecule has 0 aliphatic heterocycles. The molecule has 1 aliphatic carbocycles. The summed E-state index contributed by atoms with van der Waals surface area (Å²) in [6.45, 7) is 26.8. The molecule has 13 aromatic rings. The highest BCUT2D eigenvalue weighted by atomic mass is 79.9. The molecular weight excluding hydrogens is 1650 g/mol. The van der Waals surface area contributed by atoms with Gasteiger partial charge in [0, 0.05) is 102 Å². The van der Waals surface area contributed by atoms with Gasteiger partial charge in [-0.25, -0.2) is 39.9 Å². The maximum absolute atomic E-state index is 13.8. The summed E-state index contributed by atoms with van der Waals surface area (Å²) in [5.74, 6) is 6.25. The Morgan fingerprint density at radius 2 is 0.917 bits per heavy atom. The number of hydrogen-bond acceptors (Lipinski definition) is 15. The fraction of sp³-hybridized carbons (Fsp3) is 0.396. The number of carbonyl (C=O) groups is 4. The van der Waals surface area contributed by atoms with Crippen LogP contribution in [0.15, 0.2) is 204 Å². The third-order valence-electron chi connectivity index (χ3n) is 21.0. The van der Waals surface area contributed by atoms with Crippen LogP contribution in [0.25, 0.3) is 44.7 Å². The van der Waals surface area contributed by atoms with Gasteiger partial charge in [-0.2, -0.15) is 0 Å². The van der Waals surface area contributed by atoms with Gasteiger partial charge in [0.15, 0.2) is 22.6 Å². The van der Waals surface area contributed by atoms with Gasteiger partial charge in [0.1, 0.15) is 62.6 Å². The van der Waals surface area contributed by atoms with Crippen LogP contribution >= 0.6 is 31.9 Å². The van der Waals surface area contributed by atoms with E-state index in [9.17, 15) is 19.2 Å². The Morgan fingerprint density at radius 1 is 0.430 bits per heavy atom. The molecule has 0 radical (unpaired) electrons. The van der Waals surface area contributed by atoms with Crippen LogP contribution in [0.1, 0.15) is 216 Å². The number of halogens is 2. The summed E-state index contributed by atoms with van der Waals surface area (Å²) in [6.07, 6.45) is 20.1. The van der Waals surface area contributed by atoms with Gasteiger partial charge >= 0.3 is 0 Å². The first-order valence-electron chi connectivity index (χ1n) is 42.7. The number of hydrogen-bond donors (Lipinski definition) is 0. The Kier molecular flexibility index (Phi) is 34.0. The molecule has 0 saturated heterocycles. The van der Waals surface area contributed by atoms with Crippen LogP contribution in [0.4, 0.5) is 0 Å². The summed E-state index contributed by atoms with van der Waals surface area (Å²) in [6, 6.07) is 53.8. The molecule has 8 heterocycles. The van der Waals surface area contributed by atoms with Crippen LogP contribution in [0.2, 0.25) is 0 Å². The van der Waals surface area contributed by atoms with Crippen molar-refractivity contribution in [2.45, 2.75) is 198 Å². The highest BCUT2D eigenvalue weighted by molar-refractivity contribution is 9.10. The third kappa shape index (κ3) is 24.3. The molecule has 1 fully saturated rings. The van der Waals surface area contributed by atoms with Crippen molar-refractivity contribution in [3.63, 3.8) is 0 Å². The molecule has 4 amide bonds. The zero-order chi connectivity index (χ0) is 85.7. The molecule has 8 aromatic heterocycles. The molecule has 1 saturated carbocycles. The summed E-state index contributed by atoms with van der Waals surface area (Å²) in [7, 11) is 3.14. The Morgan fingerprint density at radius 3 is 1.42 bits per heavy atom. The Balaban J connectivity index is 0.000000158. The minimum atomic E-state index is -0.155. The molecule has 1 aliphatic rings. The topological polar surface area (TPSA) is 232 Å². The lowest BCUT2D eigenvalue weighted by Gasteiger charge is -2.26. The molecule has 636 valence electrons. The van der Waals surface area contributed by atoms with Crippen molar-refractivity contribution in [2.75, 3.05) is 40.5 Å². The van der Waals surface area contributed by atoms with Crippen LogP contribution in [0.5, 0.6) is 17.2 Å². The minimum Gasteiger partial charge on any atom is -0.497 e. The van der Waals surface area contributed by atoms with E-state index in [0.717, 1.165) is 159 Å². The van der Waals surface area contributed by atoms with Gasteiger partial charge < -0.3 is 52.1 Å². The Bertz CT molecular complexity index is 5490. The second-order valence-electron chi connectivity index (χ2n) is 31.3. The number of fused-ring (bicyclic) bond motifs is 4. The lowest BCUT2D eigenvalue weighted by molar-refractivity contribution is 0.0710. The quantitative estimate of drug-likeness (QED) is 0.0336. The van der Waals surface area contributed by atoms with Gasteiger partial charge in [-0.1, -0.05) is 156 Å². The number of pyridine rings is 4. The average molecular weight is 1770 g/mol. The van der Waals surface area contributed by atoms with Gasteiger partial charge in [0.05, 0.1) is 52.6 Å². The first-order chi connectivity index (χ1) is 58.8. The SMILES string of the molecule is CCCCCOc1ccc(C(=O)N(Cc2nc3cccnc3n2C2CCCC2)CC(C)C)cc1.CCCN(Cc1nc2cccnc2n1CCC)C(=O)c1cccc(Br)c1.CCCn1c(CN(CCC(C)C)C(=O)c2ccc(Br)cc2)nc2cccnc21.CCCn1c(CN(Cc2ccccc2)C(=O)c2cc(OC)ccc2OC)nc2cccnc21. The summed E-state index contributed by atoms with van der Waals surface area (Å²) in [5.41, 5.74) is 10.6. The number of unbranched alkanes of at least 4 members (excludes halogenated alkanes) is 2. The molecule has 0 spiro atoms. The molecule has 0 unspecified atom stereocenters. The number of aromatic nitrogens is 12. The van der Waals surface area contributed by atoms with Crippen molar-refractivity contribution in [3.8, 4) is 17.2 Å². The van der Waals surface area contributed by atoms with E-state index in [1.54, 1.807) is 55.9 Å². The van der Waals surface area contributed by atoms with Crippen LogP contribution in [0, 0.1) is 11.8 Å². The van der Waals surface area contributed by atoms with E-state index in [4.69, 9.17) is 34.1 Å². The molecule has 121 heavy (non-hydrogen) atoms. The van der Waals surface area contributed by atoms with E-state index in [1.165, 1.54) is 25.7 Å². The summed E-state index contributed by atoms with van der Waals surface area (Å²) < 4.78 is 27.2. The van der Waals surface area contributed by atoms with E-state index >= 15 is 0 Å². The highest BCUT2D eigenvalue weighted by Crippen LogP contribution is 2.35. The lowest BCUT2D eigenvalue weighted by Crippen LogP contribution is -2.35. The maximum Gasteiger partial charge on any atom is 0.258 e. The molecule has 23 nitrogen and oxygen atoms in total. The zero-order valence-electron chi connectivity index (χ0n) is 71.9. The van der Waals surface area contributed by atoms with Crippen LogP contribution < -0.4 is 14.2 Å². The van der Waals surface area contributed by atoms with Gasteiger partial charge in [-0.3, -0.25) is 19.2 Å². The number of aryl methyl sites for hydroxylation is 3. The number of amides is 4. The highest BCUT2D eigenvalue weighted by Gasteiger charge is 2.30. The van der Waals surface area contributed by atoms with Crippen molar-refractivity contribution in [3.05, 3.63) is 255 Å². The van der Waals surface area contributed by atoms with Crippen LogP contribution in [0.3, 0.4) is 0 Å². The largest absolute Gasteiger partial charge is 0.497 e. The van der Waals surface area contributed by atoms with Gasteiger partial charge in [-0.05, 0) is 202 Å². The van der Waals surface area contributed by atoms with E-state index in [2.05, 4.69) is 132 Å². The number of carbonyl (C=O) groups excluding carboxylic acids is 4. The average Bonchev–Trinajstić information content (AvgIpc) is 2.21. The number of nitrogens with zero attached hydrogens (tertiary/aromatic N) is 16. The summed E-state index contributed by atoms with van der Waals surface area (Å²) in [5, 5.41) is 0. The second kappa shape index (κ2) is 45.5. The number of methoxy groups -OCH3 is 2. The number of ether oxygens (including phenoxy) is 3. The van der Waals surface area contributed by atoms with E-state index < -0.39 is 0 Å². The number of imidazole rings is 4. The molecule has 14 rings (SSSR count). The minimum absolute atomic E-state index is 0.0243. The first-order valence-corrected chi connectivity index (χ1v) is 44.3. The third-order valence-corrected chi connectivity index (χ3v) is 22.0. The smallest absolute Gasteiger partial charge is 0.258 e. The molecular formula is C96H116Br2N16O7. The lowest BCUT2D eigenvalue weighted by atomic mass is 10.1. The Labute approximate surface area is 728 Å². The predicted octanol–water partition coefficient (Wildman–Crippen LogP) is 21.1. The van der Waals surface area contributed by atoms with E-state index in [1.807, 2.05) is 173 Å². The van der Waals surface area contributed by atoms with Crippen molar-refractivity contribution < 1.29 is 33.4 Å². The zero-order valence-corrected chi connectivity index (χ0v) is 75.1. The van der Waals surface area contributed by atoms with E-state index in [-0.39, 0.29) is 23.6 Å². The summed E-state index contributed by atoms with van der Waals surface area (Å²) >= 11 is 6.88. The van der Waals surface area contributed by atoms with Crippen LogP contribution in [-0.2, 0) is 52.4 Å². The fourth-order valence-electron chi connectivity index (χ4n) is 15.1. The normalized spacial score (nSPS) is 12.0. The molecule has 25 heteroatoms. The van der Waals surface area contributed by atoms with Crippen molar-refractivity contribution in [1.82, 2.24) is 77.7 Å². The van der Waals surface area contributed by atoms with Crippen molar-refractivity contribution in [1.29, 1.82) is 0 Å². The Hall–Kier alpha value is -11.2. The molecule has 0 bridgehead atoms. The standard InChI is InChI=1S/C28H38N4O2.C26H28N4O3.C22H27BrN4O.C20H23BrN4O/c1-4-5-8-18-34-24-15-13-22(14-16-24)28(33)31(19-21(2)3)20-26-30-25-12-9-17-29-27(25)32(26)23-10-6-7-11-23;1-4-15-30-24(28-22-11-8-14-27-25(22)30)18-29(17-19-9-6-5-7-10-19)26(31)21-16-20(32-2)12-13-23(21)33-3;1-4-13-27-20(25-19-6-5-12-24-21(19)27)15-26(14-11-16(2)3)22(28)17-7-9-18(23)10-8-17;1-3-11-24(20(26)15-7-5-8-16(21)13-15)14-18-23-17-9-6-10-22-19(17)25(18)12-4-2/h9,12-17,21,23H,4-8,10-11,18-20H2,1-3H3;5-14,16H,4,15,17-18H2,1-3H3;5-10,12,16H,4,11,13-15H2,1-3H3;5-10,13H,3-4,11-12,14H2,1-2H3. The second-order valence-corrected chi connectivity index (χ2v) is 33.1. The van der Waals surface area contributed by atoms with Gasteiger partial charge in [0.2, 0.25) is 0 Å². The fourth-order valence-corrected chi connectivity index (χ4v) is 15.7. The molecule has 5 aromatic carbocycles. The van der Waals surface area contributed by atoms with Crippen LogP contribution in [-0.4, -0.2) is 142 Å². The molecule has 0 atom stereocenters. The first kappa shape index (κ1) is 90.6. The van der Waals surface area contributed by atoms with Crippen molar-refractivity contribution >= 4 is 100 Å². The van der Waals surface area contributed by atoms with Gasteiger partial charge in [-0.15, -0.1) is 0 Å². The van der Waals surface area contributed by atoms with Gasteiger partial charge in [0.25, 0.3) is 23.6 Å². The molecule has 0 N–H and O–H groups in total. The summed E-state index contributed by atoms with van der Waals surface area (Å²) in [4.78, 5) is 98.6. The van der Waals surface area contributed by atoms with E-state index in [0.29, 0.717) is 111 Å².